The van der Waals surface area contributed by atoms with E-state index < -0.39 is 15.6 Å². The summed E-state index contributed by atoms with van der Waals surface area (Å²) in [6.45, 7) is 7.97. The second-order valence-corrected chi connectivity index (χ2v) is 9.14. The van der Waals surface area contributed by atoms with Crippen molar-refractivity contribution in [2.75, 3.05) is 19.3 Å². The van der Waals surface area contributed by atoms with Crippen LogP contribution in [-0.4, -0.2) is 56.3 Å². The first kappa shape index (κ1) is 17.2. The molecule has 2 fully saturated rings. The highest BCUT2D eigenvalue weighted by atomic mass is 32.2. The summed E-state index contributed by atoms with van der Waals surface area (Å²) in [7, 11) is -3.16. The number of hydrogen-bond acceptors (Lipinski definition) is 4. The summed E-state index contributed by atoms with van der Waals surface area (Å²) in [5, 5.41) is 3.60. The van der Waals surface area contributed by atoms with E-state index in [1.54, 1.807) is 0 Å². The third-order valence-corrected chi connectivity index (χ3v) is 5.58. The molecule has 0 aliphatic carbocycles. The summed E-state index contributed by atoms with van der Waals surface area (Å²) in [5.41, 5.74) is -0.410. The van der Waals surface area contributed by atoms with Gasteiger partial charge in [-0.25, -0.2) is 13.1 Å². The molecular formula is C15H31N3O2S. The molecule has 0 amide bonds. The Hall–Kier alpha value is -0.170. The van der Waals surface area contributed by atoms with Gasteiger partial charge in [-0.1, -0.05) is 13.3 Å². The van der Waals surface area contributed by atoms with Crippen molar-refractivity contribution >= 4 is 10.0 Å². The molecule has 0 aromatic rings. The van der Waals surface area contributed by atoms with Crippen LogP contribution in [0.5, 0.6) is 0 Å². The molecule has 2 bridgehead atoms. The van der Waals surface area contributed by atoms with Gasteiger partial charge >= 0.3 is 0 Å². The van der Waals surface area contributed by atoms with E-state index in [4.69, 9.17) is 0 Å². The van der Waals surface area contributed by atoms with Crippen LogP contribution in [0.15, 0.2) is 0 Å². The molecule has 6 heteroatoms. The van der Waals surface area contributed by atoms with Gasteiger partial charge in [0.05, 0.1) is 6.26 Å². The first-order valence-corrected chi connectivity index (χ1v) is 10.1. The number of hydrogen-bond donors (Lipinski definition) is 2. The molecule has 0 aromatic carbocycles. The second-order valence-electron chi connectivity index (χ2n) is 7.40. The average Bonchev–Trinajstić information content (AvgIpc) is 2.26. The molecule has 124 valence electrons. The monoisotopic (exact) mass is 317 g/mol. The SMILES string of the molecule is CCNC1CC2CCCC(C1)N2CC(C)(C)NS(C)(=O)=O. The van der Waals surface area contributed by atoms with Crippen molar-refractivity contribution in [3.63, 3.8) is 0 Å². The van der Waals surface area contributed by atoms with Crippen molar-refractivity contribution in [2.45, 2.75) is 76.5 Å². The van der Waals surface area contributed by atoms with Crippen molar-refractivity contribution in [1.29, 1.82) is 0 Å². The summed E-state index contributed by atoms with van der Waals surface area (Å²) < 4.78 is 25.8. The maximum absolute atomic E-state index is 11.5. The molecule has 2 aliphatic rings. The minimum Gasteiger partial charge on any atom is -0.314 e. The van der Waals surface area contributed by atoms with Crippen LogP contribution in [0.4, 0.5) is 0 Å². The van der Waals surface area contributed by atoms with Gasteiger partial charge in [0.15, 0.2) is 0 Å². The first-order chi connectivity index (χ1) is 9.70. The van der Waals surface area contributed by atoms with Crippen molar-refractivity contribution in [2.24, 2.45) is 0 Å². The Kier molecular flexibility index (Phi) is 5.34. The number of piperidine rings is 2. The van der Waals surface area contributed by atoms with E-state index in [9.17, 15) is 8.42 Å². The summed E-state index contributed by atoms with van der Waals surface area (Å²) >= 11 is 0. The van der Waals surface area contributed by atoms with Gasteiger partial charge in [-0.15, -0.1) is 0 Å². The standard InChI is InChI=1S/C15H31N3O2S/c1-5-16-12-9-13-7-6-8-14(10-12)18(13)11-15(2,3)17-21(4,19)20/h12-14,16-17H,5-11H2,1-4H3. The van der Waals surface area contributed by atoms with Gasteiger partial charge in [-0.05, 0) is 46.1 Å². The second kappa shape index (κ2) is 6.52. The predicted octanol–water partition coefficient (Wildman–Crippen LogP) is 1.31. The van der Waals surface area contributed by atoms with Crippen LogP contribution < -0.4 is 10.0 Å². The Balaban J connectivity index is 2.03. The predicted molar refractivity (Wildman–Crippen MR) is 86.9 cm³/mol. The van der Waals surface area contributed by atoms with Gasteiger partial charge in [0.2, 0.25) is 10.0 Å². The Labute approximate surface area is 129 Å². The van der Waals surface area contributed by atoms with Crippen LogP contribution in [0.1, 0.15) is 52.9 Å². The van der Waals surface area contributed by atoms with Gasteiger partial charge in [0.1, 0.15) is 0 Å². The maximum atomic E-state index is 11.5. The molecule has 2 N–H and O–H groups in total. The zero-order chi connectivity index (χ0) is 15.7. The lowest BCUT2D eigenvalue weighted by atomic mass is 9.80. The van der Waals surface area contributed by atoms with Crippen LogP contribution in [0.25, 0.3) is 0 Å². The third kappa shape index (κ3) is 4.91. The summed E-state index contributed by atoms with van der Waals surface area (Å²) in [6, 6.07) is 1.83. The Morgan fingerprint density at radius 3 is 2.24 bits per heavy atom. The Morgan fingerprint density at radius 1 is 1.19 bits per heavy atom. The van der Waals surface area contributed by atoms with Crippen molar-refractivity contribution < 1.29 is 8.42 Å². The highest BCUT2D eigenvalue weighted by Gasteiger charge is 2.40. The number of sulfonamides is 1. The quantitative estimate of drug-likeness (QED) is 0.775. The van der Waals surface area contributed by atoms with Crippen LogP contribution in [0.2, 0.25) is 0 Å². The molecule has 0 radical (unpaired) electrons. The third-order valence-electron chi connectivity index (χ3n) is 4.66. The van der Waals surface area contributed by atoms with Gasteiger partial charge in [0.25, 0.3) is 0 Å². The van der Waals surface area contributed by atoms with Crippen molar-refractivity contribution in [3.05, 3.63) is 0 Å². The van der Waals surface area contributed by atoms with E-state index in [1.165, 1.54) is 38.4 Å². The first-order valence-electron chi connectivity index (χ1n) is 8.18. The molecular weight excluding hydrogens is 286 g/mol. The van der Waals surface area contributed by atoms with E-state index in [-0.39, 0.29) is 0 Å². The van der Waals surface area contributed by atoms with E-state index in [2.05, 4.69) is 21.9 Å². The van der Waals surface area contributed by atoms with E-state index in [0.717, 1.165) is 13.1 Å². The van der Waals surface area contributed by atoms with E-state index >= 15 is 0 Å². The van der Waals surface area contributed by atoms with Gasteiger partial charge in [0, 0.05) is 30.2 Å². The Morgan fingerprint density at radius 2 is 1.76 bits per heavy atom. The van der Waals surface area contributed by atoms with Gasteiger partial charge < -0.3 is 5.32 Å². The normalized spacial score (nSPS) is 31.3. The maximum Gasteiger partial charge on any atom is 0.209 e. The molecule has 21 heavy (non-hydrogen) atoms. The molecule has 2 heterocycles. The van der Waals surface area contributed by atoms with Crippen LogP contribution in [0.3, 0.4) is 0 Å². The highest BCUT2D eigenvalue weighted by Crippen LogP contribution is 2.35. The molecule has 0 spiro atoms. The minimum atomic E-state index is -3.16. The lowest BCUT2D eigenvalue weighted by Gasteiger charge is -2.51. The van der Waals surface area contributed by atoms with Crippen LogP contribution >= 0.6 is 0 Å². The fourth-order valence-electron chi connectivity index (χ4n) is 4.18. The smallest absolute Gasteiger partial charge is 0.209 e. The summed E-state index contributed by atoms with van der Waals surface area (Å²) in [5.74, 6) is 0. The number of nitrogens with one attached hydrogen (secondary N) is 2. The van der Waals surface area contributed by atoms with E-state index in [0.29, 0.717) is 18.1 Å². The largest absolute Gasteiger partial charge is 0.314 e. The number of nitrogens with zero attached hydrogens (tertiary/aromatic N) is 1. The topological polar surface area (TPSA) is 61.4 Å². The minimum absolute atomic E-state index is 0.410. The average molecular weight is 317 g/mol. The molecule has 2 saturated heterocycles. The number of fused-ring (bicyclic) bond motifs is 2. The molecule has 2 atom stereocenters. The van der Waals surface area contributed by atoms with Crippen molar-refractivity contribution in [3.8, 4) is 0 Å². The van der Waals surface area contributed by atoms with Gasteiger partial charge in [-0.2, -0.15) is 0 Å². The lowest BCUT2D eigenvalue weighted by molar-refractivity contribution is 0.00977. The fourth-order valence-corrected chi connectivity index (χ4v) is 5.25. The highest BCUT2D eigenvalue weighted by molar-refractivity contribution is 7.88. The number of rotatable bonds is 6. The molecule has 0 saturated carbocycles. The molecule has 2 unspecified atom stereocenters. The zero-order valence-corrected chi connectivity index (χ0v) is 14.7. The van der Waals surface area contributed by atoms with E-state index in [1.807, 2.05) is 13.8 Å². The molecule has 2 aliphatic heterocycles. The zero-order valence-electron chi connectivity index (χ0n) is 13.9. The molecule has 2 rings (SSSR count). The summed E-state index contributed by atoms with van der Waals surface area (Å²) in [4.78, 5) is 2.57. The van der Waals surface area contributed by atoms with Crippen LogP contribution in [-0.2, 0) is 10.0 Å². The lowest BCUT2D eigenvalue weighted by Crippen LogP contribution is -2.61. The fraction of sp³-hybridized carbons (Fsp3) is 1.00. The van der Waals surface area contributed by atoms with Crippen molar-refractivity contribution in [1.82, 2.24) is 14.9 Å². The Bertz CT molecular complexity index is 436. The molecule has 0 aromatic heterocycles. The van der Waals surface area contributed by atoms with Crippen LogP contribution in [0, 0.1) is 0 Å². The van der Waals surface area contributed by atoms with Gasteiger partial charge in [-0.3, -0.25) is 4.90 Å². The summed E-state index contributed by atoms with van der Waals surface area (Å²) in [6.07, 6.45) is 7.43. The molecule has 5 nitrogen and oxygen atoms in total.